The fourth-order valence-electron chi connectivity index (χ4n) is 9.49. The van der Waals surface area contributed by atoms with Crippen LogP contribution in [0.3, 0.4) is 0 Å². The minimum absolute atomic E-state index is 0.00187. The molecule has 2 aliphatic rings. The first kappa shape index (κ1) is 68.5. The van der Waals surface area contributed by atoms with Crippen LogP contribution in [-0.4, -0.2) is 195 Å². The molecule has 458 valence electrons. The number of amides is 6. The molecule has 0 unspecified atom stereocenters. The van der Waals surface area contributed by atoms with E-state index in [9.17, 15) is 74.1 Å². The predicted octanol–water partition coefficient (Wildman–Crippen LogP) is -0.532. The molecule has 82 heavy (non-hydrogen) atoms. The molecule has 2 aromatic rings. The summed E-state index contributed by atoms with van der Waals surface area (Å²) < 4.78 is 22.9. The molecule has 0 aromatic heterocycles. The van der Waals surface area contributed by atoms with Gasteiger partial charge < -0.3 is 91.4 Å². The SMILES string of the molecule is CC(=O)CCCC(=O)N[C@@H](Cc1ccccc1)C(=O)N[C@@H](CCC(=O)O)C(=O)N[C@@H](Cc1ccccc1)C(=O)NCC(=O)NCCCCCCCCCCCCO[C@@H]1O[C@H](CO)[C@@H](O[C@@H]2O[C@H](CO)[C@H](O)[C@H](O)[C@H]2O)[C@H](O)[C@H]1NC(C)=O. The van der Waals surface area contributed by atoms with Gasteiger partial charge in [-0.2, -0.15) is 0 Å². The summed E-state index contributed by atoms with van der Waals surface area (Å²) in [6.45, 7) is 1.50. The fraction of sp³-hybridized carbons (Fsp3) is 0.649. The van der Waals surface area contributed by atoms with Gasteiger partial charge in [-0.05, 0) is 43.7 Å². The third-order valence-electron chi connectivity index (χ3n) is 14.0. The first-order chi connectivity index (χ1) is 39.3. The third kappa shape index (κ3) is 24.4. The van der Waals surface area contributed by atoms with Gasteiger partial charge >= 0.3 is 5.97 Å². The number of aliphatic hydroxyl groups excluding tert-OH is 6. The van der Waals surface area contributed by atoms with Gasteiger partial charge in [-0.1, -0.05) is 112 Å². The second-order valence-electron chi connectivity index (χ2n) is 20.8. The van der Waals surface area contributed by atoms with E-state index in [1.807, 2.05) is 0 Å². The molecule has 2 aliphatic heterocycles. The number of carbonyl (C=O) groups is 8. The lowest BCUT2D eigenvalue weighted by Gasteiger charge is -2.47. The van der Waals surface area contributed by atoms with Gasteiger partial charge in [0.2, 0.25) is 35.4 Å². The standard InChI is InChI=1S/C57H86N6O19/c1-35(66)20-19-25-44(68)61-41(31-38-23-15-12-16-24-38)55(78)62-39(26-27-46(70)71)54(77)63-40(30-37-21-13-11-14-22-37)53(76)59-32-45(69)58-28-17-9-7-5-3-4-6-8-10-18-29-79-56-47(60-36(2)67)49(73)52(43(34-65)81-56)82-57-51(75)50(74)48(72)42(33-64)80-57/h11-16,21-24,39-43,47-52,56-57,64-65,72-75H,3-10,17-20,25-34H2,1-2H3,(H,58,69)(H,59,76)(H,60,67)(H,61,68)(H,62,78)(H,63,77)(H,70,71)/t39-,40-,41-,42+,43+,47+,48-,49+,50-,51+,52+,56+,57-/m0/s1. The Morgan fingerprint density at radius 1 is 0.549 bits per heavy atom. The smallest absolute Gasteiger partial charge is 0.303 e. The molecule has 2 aromatic carbocycles. The zero-order valence-corrected chi connectivity index (χ0v) is 46.9. The summed E-state index contributed by atoms with van der Waals surface area (Å²) in [6.07, 6.45) is -4.78. The number of ether oxygens (including phenoxy) is 4. The van der Waals surface area contributed by atoms with Crippen molar-refractivity contribution in [3.8, 4) is 0 Å². The highest BCUT2D eigenvalue weighted by atomic mass is 16.7. The largest absolute Gasteiger partial charge is 0.481 e. The van der Waals surface area contributed by atoms with Crippen LogP contribution >= 0.6 is 0 Å². The minimum Gasteiger partial charge on any atom is -0.481 e. The van der Waals surface area contributed by atoms with Crippen molar-refractivity contribution in [2.45, 2.75) is 202 Å². The number of unbranched alkanes of at least 4 members (excludes halogenated alkanes) is 9. The molecule has 25 heteroatoms. The summed E-state index contributed by atoms with van der Waals surface area (Å²) in [5, 5.41) is 87.1. The highest BCUT2D eigenvalue weighted by molar-refractivity contribution is 5.95. The van der Waals surface area contributed by atoms with Crippen LogP contribution in [0.15, 0.2) is 60.7 Å². The second kappa shape index (κ2) is 37.3. The molecule has 4 rings (SSSR count). The van der Waals surface area contributed by atoms with Crippen LogP contribution < -0.4 is 31.9 Å². The van der Waals surface area contributed by atoms with Crippen molar-refractivity contribution in [2.24, 2.45) is 0 Å². The van der Waals surface area contributed by atoms with Crippen LogP contribution in [0.25, 0.3) is 0 Å². The Bertz CT molecular complexity index is 2280. The summed E-state index contributed by atoms with van der Waals surface area (Å²) in [5.41, 5.74) is 1.37. The van der Waals surface area contributed by atoms with Crippen molar-refractivity contribution in [3.63, 3.8) is 0 Å². The van der Waals surface area contributed by atoms with E-state index >= 15 is 0 Å². The fourth-order valence-corrected chi connectivity index (χ4v) is 9.49. The van der Waals surface area contributed by atoms with E-state index in [0.29, 0.717) is 30.5 Å². The van der Waals surface area contributed by atoms with Crippen LogP contribution in [-0.2, 0) is 70.1 Å². The normalized spacial score (nSPS) is 23.5. The average Bonchev–Trinajstić information content (AvgIpc) is 3.63. The number of hydrogen-bond donors (Lipinski definition) is 13. The third-order valence-corrected chi connectivity index (χ3v) is 14.0. The van der Waals surface area contributed by atoms with E-state index in [1.165, 1.54) is 13.8 Å². The number of benzene rings is 2. The lowest BCUT2D eigenvalue weighted by molar-refractivity contribution is -0.348. The number of hydrogen-bond acceptors (Lipinski definition) is 18. The molecular formula is C57H86N6O19. The molecule has 13 N–H and O–H groups in total. The van der Waals surface area contributed by atoms with Crippen molar-refractivity contribution in [3.05, 3.63) is 71.8 Å². The number of nitrogens with one attached hydrogen (secondary N) is 6. The molecule has 0 radical (unpaired) electrons. The Hall–Kier alpha value is -6.00. The van der Waals surface area contributed by atoms with Gasteiger partial charge in [0.05, 0.1) is 19.8 Å². The molecule has 13 atom stereocenters. The highest BCUT2D eigenvalue weighted by Crippen LogP contribution is 2.30. The number of carboxylic acids is 1. The maximum Gasteiger partial charge on any atom is 0.303 e. The van der Waals surface area contributed by atoms with E-state index in [4.69, 9.17) is 18.9 Å². The topological polar surface area (TPSA) is 387 Å². The Balaban J connectivity index is 1.15. The monoisotopic (exact) mass is 1160 g/mol. The first-order valence-electron chi connectivity index (χ1n) is 28.3. The van der Waals surface area contributed by atoms with Gasteiger partial charge in [-0.15, -0.1) is 0 Å². The van der Waals surface area contributed by atoms with Crippen LogP contribution in [0.5, 0.6) is 0 Å². The second-order valence-corrected chi connectivity index (χ2v) is 20.8. The summed E-state index contributed by atoms with van der Waals surface area (Å²) >= 11 is 0. The van der Waals surface area contributed by atoms with Gasteiger partial charge in [-0.25, -0.2) is 0 Å². The van der Waals surface area contributed by atoms with Crippen LogP contribution in [0, 0.1) is 0 Å². The van der Waals surface area contributed by atoms with Crippen molar-refractivity contribution in [1.29, 1.82) is 0 Å². The van der Waals surface area contributed by atoms with E-state index in [-0.39, 0.29) is 57.5 Å². The molecule has 25 nitrogen and oxygen atoms in total. The number of carbonyl (C=O) groups excluding carboxylic acids is 7. The van der Waals surface area contributed by atoms with Crippen molar-refractivity contribution in [1.82, 2.24) is 31.9 Å². The van der Waals surface area contributed by atoms with Gasteiger partial charge in [0.1, 0.15) is 72.7 Å². The molecule has 6 amide bonds. The number of Topliss-reactive ketones (excluding diaryl/α,β-unsaturated/α-hetero) is 1. The molecule has 0 saturated carbocycles. The van der Waals surface area contributed by atoms with Crippen LogP contribution in [0.4, 0.5) is 0 Å². The number of ketones is 1. The van der Waals surface area contributed by atoms with Gasteiger partial charge in [0.25, 0.3) is 0 Å². The van der Waals surface area contributed by atoms with E-state index < -0.39 is 141 Å². The van der Waals surface area contributed by atoms with E-state index in [1.54, 1.807) is 60.7 Å². The zero-order valence-electron chi connectivity index (χ0n) is 46.9. The molecule has 0 bridgehead atoms. The molecule has 0 aliphatic carbocycles. The van der Waals surface area contributed by atoms with Crippen molar-refractivity contribution < 1.29 is 93.0 Å². The predicted molar refractivity (Wildman–Crippen MR) is 294 cm³/mol. The van der Waals surface area contributed by atoms with Gasteiger partial charge in [0, 0.05) is 52.2 Å². The summed E-state index contributed by atoms with van der Waals surface area (Å²) in [5.74, 6) is -5.06. The van der Waals surface area contributed by atoms with Gasteiger partial charge in [-0.3, -0.25) is 33.6 Å². The molecular weight excluding hydrogens is 1070 g/mol. The van der Waals surface area contributed by atoms with E-state index in [0.717, 1.165) is 51.4 Å². The average molecular weight is 1160 g/mol. The van der Waals surface area contributed by atoms with Gasteiger partial charge in [0.15, 0.2) is 12.6 Å². The Morgan fingerprint density at radius 3 is 1.65 bits per heavy atom. The summed E-state index contributed by atoms with van der Waals surface area (Å²) in [4.78, 5) is 102. The van der Waals surface area contributed by atoms with Crippen molar-refractivity contribution >= 4 is 47.2 Å². The lowest BCUT2D eigenvalue weighted by Crippen LogP contribution is -2.67. The number of aliphatic carboxylic acids is 1. The van der Waals surface area contributed by atoms with Crippen LogP contribution in [0.1, 0.15) is 121 Å². The van der Waals surface area contributed by atoms with E-state index in [2.05, 4.69) is 31.9 Å². The highest BCUT2D eigenvalue weighted by Gasteiger charge is 2.51. The molecule has 2 heterocycles. The Morgan fingerprint density at radius 2 is 1.09 bits per heavy atom. The summed E-state index contributed by atoms with van der Waals surface area (Å²) in [7, 11) is 0. The maximum atomic E-state index is 13.9. The zero-order chi connectivity index (χ0) is 60.0. The number of aliphatic hydroxyl groups is 6. The Labute approximate surface area is 478 Å². The Kier molecular flexibility index (Phi) is 31.1. The maximum absolute atomic E-state index is 13.9. The molecule has 2 fully saturated rings. The quantitative estimate of drug-likeness (QED) is 0.0376. The van der Waals surface area contributed by atoms with Crippen molar-refractivity contribution in [2.75, 3.05) is 32.9 Å². The first-order valence-corrected chi connectivity index (χ1v) is 28.3. The van der Waals surface area contributed by atoms with Crippen LogP contribution in [0.2, 0.25) is 0 Å². The molecule has 0 spiro atoms. The molecule has 2 saturated heterocycles. The number of carboxylic acid groups (broad SMARTS) is 1. The lowest BCUT2D eigenvalue weighted by atomic mass is 9.95. The number of rotatable bonds is 38. The summed E-state index contributed by atoms with van der Waals surface area (Å²) in [6, 6.07) is 12.6. The minimum atomic E-state index is -1.77.